The summed E-state index contributed by atoms with van der Waals surface area (Å²) in [6.07, 6.45) is 6.45. The molecular formula is C28H35N6O2P. The third-order valence-electron chi connectivity index (χ3n) is 7.90. The number of hydrogen-bond donors (Lipinski definition) is 0. The molecule has 0 radical (unpaired) electrons. The first-order valence-corrected chi connectivity index (χ1v) is 15.1. The van der Waals surface area contributed by atoms with E-state index in [1.54, 1.807) is 18.2 Å². The average Bonchev–Trinajstić information content (AvgIpc) is 3.65. The Morgan fingerprint density at radius 1 is 0.919 bits per heavy atom. The fraction of sp³-hybridized carbons (Fsp3) is 0.464. The highest BCUT2D eigenvalue weighted by atomic mass is 31.2. The number of nitrogens with zero attached hydrogens (tertiary/aromatic N) is 6. The summed E-state index contributed by atoms with van der Waals surface area (Å²) >= 11 is 0. The molecule has 8 nitrogen and oxygen atoms in total. The van der Waals surface area contributed by atoms with E-state index in [2.05, 4.69) is 40.3 Å². The molecule has 9 heteroatoms. The zero-order chi connectivity index (χ0) is 25.6. The van der Waals surface area contributed by atoms with Crippen LogP contribution in [0.4, 0.5) is 17.1 Å². The Hall–Kier alpha value is -2.96. The molecule has 0 aromatic heterocycles. The van der Waals surface area contributed by atoms with Crippen molar-refractivity contribution >= 4 is 30.1 Å². The minimum Gasteiger partial charge on any atom is -0.374 e. The summed E-state index contributed by atoms with van der Waals surface area (Å²) in [4.78, 5) is 14.4. The molecule has 0 bridgehead atoms. The van der Waals surface area contributed by atoms with Crippen LogP contribution in [0.25, 0.3) is 0 Å². The number of nitro groups is 1. The van der Waals surface area contributed by atoms with Crippen LogP contribution in [0, 0.1) is 15.5 Å². The number of rotatable bonds is 5. The van der Waals surface area contributed by atoms with Crippen LogP contribution in [0.1, 0.15) is 52.4 Å². The van der Waals surface area contributed by atoms with Gasteiger partial charge in [-0.25, -0.2) is 14.2 Å². The minimum atomic E-state index is -2.69. The first kappa shape index (κ1) is 24.4. The molecule has 37 heavy (non-hydrogen) atoms. The van der Waals surface area contributed by atoms with Crippen LogP contribution < -0.4 is 4.78 Å². The maximum absolute atomic E-state index is 12.1. The highest BCUT2D eigenvalue weighted by Gasteiger charge is 2.52. The van der Waals surface area contributed by atoms with Gasteiger partial charge >= 0.3 is 0 Å². The topological polar surface area (TPSA) is 77.6 Å². The number of allylic oxidation sites excluding steroid dienone is 2. The van der Waals surface area contributed by atoms with E-state index in [9.17, 15) is 10.1 Å². The number of anilines is 1. The van der Waals surface area contributed by atoms with Gasteiger partial charge in [0.25, 0.3) is 5.69 Å². The van der Waals surface area contributed by atoms with E-state index in [-0.39, 0.29) is 16.0 Å². The molecule has 6 rings (SSSR count). The Balaban J connectivity index is 1.71. The van der Waals surface area contributed by atoms with Crippen LogP contribution in [0.3, 0.4) is 0 Å². The van der Waals surface area contributed by atoms with E-state index >= 15 is 0 Å². The summed E-state index contributed by atoms with van der Waals surface area (Å²) in [7, 11) is -2.69. The highest BCUT2D eigenvalue weighted by molar-refractivity contribution is 7.71. The molecule has 194 valence electrons. The molecule has 3 aliphatic heterocycles. The summed E-state index contributed by atoms with van der Waals surface area (Å²) in [5.74, 6) is 0. The summed E-state index contributed by atoms with van der Waals surface area (Å²) in [5.41, 5.74) is 4.08. The molecule has 0 spiro atoms. The smallest absolute Gasteiger partial charge is 0.294 e. The molecule has 2 aromatic rings. The Morgan fingerprint density at radius 3 is 2.27 bits per heavy atom. The second-order valence-electron chi connectivity index (χ2n) is 11.3. The number of likely N-dealkylation sites (tertiary alicyclic amines) is 1. The van der Waals surface area contributed by atoms with Gasteiger partial charge in [-0.05, 0) is 62.1 Å². The molecule has 0 N–H and O–H groups in total. The number of hydrazone groups is 1. The maximum Gasteiger partial charge on any atom is 0.294 e. The first-order valence-electron chi connectivity index (χ1n) is 13.4. The van der Waals surface area contributed by atoms with Gasteiger partial charge in [0.15, 0.2) is 7.36 Å². The average molecular weight is 519 g/mol. The van der Waals surface area contributed by atoms with Crippen LogP contribution in [-0.4, -0.2) is 46.4 Å². The molecule has 0 amide bonds. The van der Waals surface area contributed by atoms with Crippen LogP contribution in [-0.2, 0) is 0 Å². The molecule has 4 aliphatic rings. The maximum atomic E-state index is 12.1. The van der Waals surface area contributed by atoms with Crippen molar-refractivity contribution in [3.05, 3.63) is 75.7 Å². The van der Waals surface area contributed by atoms with Gasteiger partial charge in [-0.2, -0.15) is 5.10 Å². The Kier molecular flexibility index (Phi) is 6.20. The summed E-state index contributed by atoms with van der Waals surface area (Å²) in [5, 5.41) is 18.7. The lowest BCUT2D eigenvalue weighted by atomic mass is 9.78. The fourth-order valence-corrected chi connectivity index (χ4v) is 10.3. The molecule has 0 unspecified atom stereocenters. The molecule has 3 heterocycles. The Morgan fingerprint density at radius 2 is 1.57 bits per heavy atom. The molecule has 0 saturated carbocycles. The van der Waals surface area contributed by atoms with Crippen LogP contribution in [0.2, 0.25) is 0 Å². The zero-order valence-corrected chi connectivity index (χ0v) is 22.6. The van der Waals surface area contributed by atoms with Crippen LogP contribution in [0.15, 0.2) is 75.5 Å². The Labute approximate surface area is 219 Å². The van der Waals surface area contributed by atoms with Crippen molar-refractivity contribution in [2.75, 3.05) is 31.0 Å². The van der Waals surface area contributed by atoms with Gasteiger partial charge in [0.05, 0.1) is 21.6 Å². The summed E-state index contributed by atoms with van der Waals surface area (Å²) < 4.78 is 10.2. The largest absolute Gasteiger partial charge is 0.374 e. The van der Waals surface area contributed by atoms with Gasteiger partial charge in [-0.3, -0.25) is 10.1 Å². The fourth-order valence-electron chi connectivity index (χ4n) is 6.28. The lowest BCUT2D eigenvalue weighted by Crippen LogP contribution is -2.34. The molecular weight excluding hydrogens is 483 g/mol. The SMILES string of the molecule is CC1(C)CC2=NN(c3ccccc3)[P@](=Nc3ccccc3[N+](=O)[O-])(N3CCCC3)C2=C(N2CCCC2)C1. The van der Waals surface area contributed by atoms with E-state index in [1.165, 1.54) is 23.9 Å². The first-order chi connectivity index (χ1) is 17.9. The van der Waals surface area contributed by atoms with E-state index < -0.39 is 7.36 Å². The second-order valence-corrected chi connectivity index (χ2v) is 14.0. The molecule has 1 aliphatic carbocycles. The number of para-hydroxylation sites is 2. The lowest BCUT2D eigenvalue weighted by molar-refractivity contribution is -0.384. The van der Waals surface area contributed by atoms with E-state index in [0.717, 1.165) is 63.3 Å². The number of hydrogen-bond acceptors (Lipinski definition) is 5. The zero-order valence-electron chi connectivity index (χ0n) is 21.7. The molecule has 2 fully saturated rings. The van der Waals surface area contributed by atoms with Crippen LogP contribution in [0.5, 0.6) is 0 Å². The van der Waals surface area contributed by atoms with Gasteiger partial charge < -0.3 is 4.90 Å². The number of benzene rings is 2. The Bertz CT molecular complexity index is 1320. The summed E-state index contributed by atoms with van der Waals surface area (Å²) in [6.45, 7) is 8.62. The van der Waals surface area contributed by atoms with Gasteiger partial charge in [-0.15, -0.1) is 0 Å². The lowest BCUT2D eigenvalue weighted by Gasteiger charge is -2.42. The summed E-state index contributed by atoms with van der Waals surface area (Å²) in [6, 6.07) is 17.3. The van der Waals surface area contributed by atoms with Crippen molar-refractivity contribution in [1.82, 2.24) is 9.57 Å². The van der Waals surface area contributed by atoms with Crippen molar-refractivity contribution in [2.45, 2.75) is 52.4 Å². The van der Waals surface area contributed by atoms with Crippen molar-refractivity contribution in [3.8, 4) is 0 Å². The monoisotopic (exact) mass is 518 g/mol. The van der Waals surface area contributed by atoms with Gasteiger partial charge in [0, 0.05) is 37.9 Å². The van der Waals surface area contributed by atoms with Crippen molar-refractivity contribution < 1.29 is 4.92 Å². The van der Waals surface area contributed by atoms with Crippen LogP contribution >= 0.6 is 7.36 Å². The van der Waals surface area contributed by atoms with Crippen molar-refractivity contribution in [3.63, 3.8) is 0 Å². The molecule has 2 aromatic carbocycles. The van der Waals surface area contributed by atoms with E-state index in [1.807, 2.05) is 24.3 Å². The van der Waals surface area contributed by atoms with Crippen molar-refractivity contribution in [2.24, 2.45) is 15.3 Å². The minimum absolute atomic E-state index is 0.0574. The van der Waals surface area contributed by atoms with Gasteiger partial charge in [0.1, 0.15) is 5.69 Å². The molecule has 1 atom stereocenters. The van der Waals surface area contributed by atoms with Gasteiger partial charge in [0.2, 0.25) is 0 Å². The number of nitro benzene ring substituents is 1. The quantitative estimate of drug-likeness (QED) is 0.235. The predicted octanol–water partition coefficient (Wildman–Crippen LogP) is 7.36. The standard InChI is InChI=1S/C28H35N6O2P/c1-28(2)20-24-27(26(21-28)31-16-8-9-17-31)37(32-18-10-11-19-32,33(29-24)22-12-4-3-5-13-22)30-23-14-6-7-15-25(23)34(35)36/h3-7,12-15H,8-11,16-21H2,1-2H3/t37-/m1/s1. The third-order valence-corrected chi connectivity index (χ3v) is 11.5. The van der Waals surface area contributed by atoms with Crippen molar-refractivity contribution in [1.29, 1.82) is 0 Å². The predicted molar refractivity (Wildman–Crippen MR) is 150 cm³/mol. The number of fused-ring (bicyclic) bond motifs is 1. The normalized spacial score (nSPS) is 25.4. The van der Waals surface area contributed by atoms with E-state index in [0.29, 0.717) is 5.69 Å². The third kappa shape index (κ3) is 4.20. The van der Waals surface area contributed by atoms with E-state index in [4.69, 9.17) is 9.85 Å². The highest BCUT2D eigenvalue weighted by Crippen LogP contribution is 2.73. The second kappa shape index (κ2) is 9.41. The molecule has 2 saturated heterocycles. The van der Waals surface area contributed by atoms with Gasteiger partial charge in [-0.1, -0.05) is 44.2 Å².